The minimum Gasteiger partial charge on any atom is -0.454 e. The Morgan fingerprint density at radius 1 is 0.621 bits per heavy atom. The molecule has 0 saturated carbocycles. The van der Waals surface area contributed by atoms with Crippen molar-refractivity contribution in [2.75, 3.05) is 10.2 Å². The fourth-order valence-electron chi connectivity index (χ4n) is 10.9. The van der Waals surface area contributed by atoms with Crippen molar-refractivity contribution >= 4 is 100 Å². The second-order valence-corrected chi connectivity index (χ2v) is 19.9. The minimum absolute atomic E-state index is 0.110. The van der Waals surface area contributed by atoms with Crippen LogP contribution in [-0.2, 0) is 16.2 Å². The lowest BCUT2D eigenvalue weighted by Crippen LogP contribution is -2.45. The summed E-state index contributed by atoms with van der Waals surface area (Å²) in [6, 6.07) is 47.7. The van der Waals surface area contributed by atoms with Gasteiger partial charge in [0.25, 0.3) is 0 Å². The topological polar surface area (TPSA) is 28.4 Å². The summed E-state index contributed by atoms with van der Waals surface area (Å²) in [5.74, 6) is 0. The molecule has 2 aliphatic heterocycles. The van der Waals surface area contributed by atoms with Crippen LogP contribution in [0.25, 0.3) is 53.2 Å². The van der Waals surface area contributed by atoms with Gasteiger partial charge in [-0.05, 0) is 99.4 Å². The first-order valence-electron chi connectivity index (χ1n) is 20.9. The molecular formula is C53H45BN2OS. The zero-order valence-corrected chi connectivity index (χ0v) is 34.8. The van der Waals surface area contributed by atoms with Gasteiger partial charge in [-0.1, -0.05) is 132 Å². The van der Waals surface area contributed by atoms with Gasteiger partial charge >= 0.3 is 0 Å². The first-order valence-corrected chi connectivity index (χ1v) is 21.7. The maximum absolute atomic E-state index is 7.02. The maximum Gasteiger partial charge on any atom is 0.198 e. The molecule has 1 aliphatic carbocycles. The Balaban J connectivity index is 1.19. The first-order chi connectivity index (χ1) is 28.0. The van der Waals surface area contributed by atoms with Gasteiger partial charge in [-0.2, -0.15) is 0 Å². The van der Waals surface area contributed by atoms with Crippen molar-refractivity contribution in [3.63, 3.8) is 0 Å². The number of hydrogen-bond donors (Lipinski definition) is 1. The number of thiophene rings is 1. The summed E-state index contributed by atoms with van der Waals surface area (Å²) in [6.07, 6.45) is 2.38. The smallest absolute Gasteiger partial charge is 0.198 e. The lowest BCUT2D eigenvalue weighted by Gasteiger charge is -2.45. The van der Waals surface area contributed by atoms with Gasteiger partial charge in [0.05, 0.1) is 11.4 Å². The highest BCUT2D eigenvalue weighted by atomic mass is 32.1. The normalized spacial score (nSPS) is 16.8. The lowest BCUT2D eigenvalue weighted by atomic mass is 9.55. The van der Waals surface area contributed by atoms with Gasteiger partial charge in [0.15, 0.2) is 12.9 Å². The number of furan rings is 1. The van der Waals surface area contributed by atoms with Crippen LogP contribution in [0.4, 0.5) is 28.4 Å². The number of nitrogens with one attached hydrogen (secondary N) is 1. The van der Waals surface area contributed by atoms with Crippen molar-refractivity contribution in [2.24, 2.45) is 0 Å². The van der Waals surface area contributed by atoms with E-state index in [-0.39, 0.29) is 16.2 Å². The van der Waals surface area contributed by atoms with Crippen LogP contribution in [0.5, 0.6) is 0 Å². The van der Waals surface area contributed by atoms with E-state index < -0.39 is 0 Å². The van der Waals surface area contributed by atoms with Crippen molar-refractivity contribution in [3.05, 3.63) is 150 Å². The summed E-state index contributed by atoms with van der Waals surface area (Å²) < 4.78 is 9.63. The molecule has 2 aromatic heterocycles. The molecule has 1 N–H and O–H groups in total. The molecule has 3 aliphatic rings. The number of benzene rings is 7. The predicted molar refractivity (Wildman–Crippen MR) is 250 cm³/mol. The predicted octanol–water partition coefficient (Wildman–Crippen LogP) is 13.5. The summed E-state index contributed by atoms with van der Waals surface area (Å²) in [7, 11) is 0.804. The quantitative estimate of drug-likeness (QED) is 0.182. The van der Waals surface area contributed by atoms with E-state index in [1.807, 2.05) is 11.3 Å². The molecule has 282 valence electrons. The molecule has 0 radical (unpaired) electrons. The van der Waals surface area contributed by atoms with E-state index in [1.165, 1.54) is 88.7 Å². The highest BCUT2D eigenvalue weighted by Gasteiger charge is 2.43. The molecule has 58 heavy (non-hydrogen) atoms. The van der Waals surface area contributed by atoms with Crippen LogP contribution >= 0.6 is 11.3 Å². The number of para-hydroxylation sites is 3. The number of nitrogens with zero attached hydrogens (tertiary/aromatic N) is 1. The van der Waals surface area contributed by atoms with Crippen molar-refractivity contribution in [3.8, 4) is 11.1 Å². The van der Waals surface area contributed by atoms with Crippen LogP contribution in [0.1, 0.15) is 76.6 Å². The van der Waals surface area contributed by atoms with E-state index in [0.717, 1.165) is 46.3 Å². The van der Waals surface area contributed by atoms with Crippen LogP contribution in [0, 0.1) is 0 Å². The SMILES string of the molecule is CC1(C)CCC(C)(C)c2cc(Nc3ccc4c(sc5ccccc54)c3-c3cc4c(oc5ccccc54)c4c3Bc3cccc5c3N4c3ccccc3C5(C)C)ccc21. The van der Waals surface area contributed by atoms with Gasteiger partial charge in [0.2, 0.25) is 0 Å². The number of hydrogen-bond acceptors (Lipinski definition) is 4. The molecule has 4 heterocycles. The van der Waals surface area contributed by atoms with E-state index in [4.69, 9.17) is 4.42 Å². The van der Waals surface area contributed by atoms with Crippen molar-refractivity contribution in [1.29, 1.82) is 0 Å². The molecule has 0 amide bonds. The molecule has 0 fully saturated rings. The number of rotatable bonds is 3. The van der Waals surface area contributed by atoms with E-state index in [1.54, 1.807) is 0 Å². The highest BCUT2D eigenvalue weighted by Crippen LogP contribution is 2.55. The average molecular weight is 769 g/mol. The fraction of sp³-hybridized carbons (Fsp3) is 0.208. The largest absolute Gasteiger partial charge is 0.454 e. The number of anilines is 5. The van der Waals surface area contributed by atoms with E-state index >= 15 is 0 Å². The van der Waals surface area contributed by atoms with E-state index in [2.05, 4.69) is 179 Å². The summed E-state index contributed by atoms with van der Waals surface area (Å²) in [6.45, 7) is 14.4. The molecular weight excluding hydrogens is 723 g/mol. The third kappa shape index (κ3) is 4.62. The van der Waals surface area contributed by atoms with Gasteiger partial charge in [-0.25, -0.2) is 0 Å². The molecule has 7 aromatic carbocycles. The summed E-state index contributed by atoms with van der Waals surface area (Å²) >= 11 is 1.91. The average Bonchev–Trinajstić information content (AvgIpc) is 3.79. The monoisotopic (exact) mass is 768 g/mol. The minimum atomic E-state index is -0.154. The first kappa shape index (κ1) is 34.3. The molecule has 0 spiro atoms. The Kier molecular flexibility index (Phi) is 6.90. The van der Waals surface area contributed by atoms with E-state index in [0.29, 0.717) is 0 Å². The molecule has 0 bridgehead atoms. The standard InChI is InChI=1S/C53H45BN2OS/c1-51(2)26-27-52(3,4)39-28-30(22-24-36(39)51)55-41-25-23-33-32-15-8-12-21-44(32)58-50(33)45(41)35-29-34-31-14-7-11-20-43(31)57-49(34)48-46(35)54-40-18-13-17-38-47(40)56(48)42-19-10-9-16-37(42)53(38,5)6/h7-25,28-29,54-55H,26-27H2,1-6H3. The van der Waals surface area contributed by atoms with Crippen molar-refractivity contribution in [1.82, 2.24) is 0 Å². The molecule has 0 saturated heterocycles. The summed E-state index contributed by atoms with van der Waals surface area (Å²) in [4.78, 5) is 2.56. The van der Waals surface area contributed by atoms with Crippen LogP contribution in [0.2, 0.25) is 0 Å². The second-order valence-electron chi connectivity index (χ2n) is 18.8. The zero-order chi connectivity index (χ0) is 39.3. The molecule has 3 nitrogen and oxygen atoms in total. The zero-order valence-electron chi connectivity index (χ0n) is 34.0. The van der Waals surface area contributed by atoms with Crippen molar-refractivity contribution < 1.29 is 4.42 Å². The molecule has 0 unspecified atom stereocenters. The Morgan fingerprint density at radius 2 is 1.36 bits per heavy atom. The summed E-state index contributed by atoms with van der Waals surface area (Å²) in [5.41, 5.74) is 18.7. The lowest BCUT2D eigenvalue weighted by molar-refractivity contribution is 0.332. The Bertz CT molecular complexity index is 3240. The second kappa shape index (κ2) is 11.7. The third-order valence-electron chi connectivity index (χ3n) is 14.1. The Hall–Kier alpha value is -5.78. The van der Waals surface area contributed by atoms with Crippen LogP contribution < -0.4 is 21.1 Å². The maximum atomic E-state index is 7.02. The fourth-order valence-corrected chi connectivity index (χ4v) is 12.2. The van der Waals surface area contributed by atoms with Gasteiger partial charge in [0.1, 0.15) is 5.58 Å². The van der Waals surface area contributed by atoms with Crippen LogP contribution in [0.15, 0.2) is 132 Å². The van der Waals surface area contributed by atoms with Crippen LogP contribution in [0.3, 0.4) is 0 Å². The van der Waals surface area contributed by atoms with Gasteiger partial charge in [-0.3, -0.25) is 0 Å². The number of fused-ring (bicyclic) bond motifs is 12. The highest BCUT2D eigenvalue weighted by molar-refractivity contribution is 7.26. The van der Waals surface area contributed by atoms with Gasteiger partial charge in [0, 0.05) is 59.0 Å². The van der Waals surface area contributed by atoms with Crippen LogP contribution in [-0.4, -0.2) is 7.28 Å². The van der Waals surface area contributed by atoms with Crippen molar-refractivity contribution in [2.45, 2.75) is 70.6 Å². The molecule has 5 heteroatoms. The molecule has 0 atom stereocenters. The van der Waals surface area contributed by atoms with Gasteiger partial charge in [-0.15, -0.1) is 11.3 Å². The Labute approximate surface area is 344 Å². The summed E-state index contributed by atoms with van der Waals surface area (Å²) in [5, 5.41) is 8.96. The molecule has 12 rings (SSSR count). The Morgan fingerprint density at radius 3 is 2.22 bits per heavy atom. The molecule has 9 aromatic rings. The third-order valence-corrected chi connectivity index (χ3v) is 15.3. The van der Waals surface area contributed by atoms with E-state index in [9.17, 15) is 0 Å². The van der Waals surface area contributed by atoms with Gasteiger partial charge < -0.3 is 14.6 Å².